The predicted octanol–water partition coefficient (Wildman–Crippen LogP) is 13.1. The summed E-state index contributed by atoms with van der Waals surface area (Å²) in [7, 11) is -4.90. The number of rotatable bonds is 10. The molecule has 0 amide bonds. The van der Waals surface area contributed by atoms with Gasteiger partial charge in [-0.2, -0.15) is 9.97 Å². The highest BCUT2D eigenvalue weighted by atomic mass is 35.5. The van der Waals surface area contributed by atoms with E-state index in [9.17, 15) is 18.7 Å². The molecule has 2 aliphatic heterocycles. The van der Waals surface area contributed by atoms with Gasteiger partial charge in [0, 0.05) is 84.7 Å². The molecule has 4 aliphatic rings. The van der Waals surface area contributed by atoms with Gasteiger partial charge in [-0.05, 0) is 125 Å². The zero-order chi connectivity index (χ0) is 52.3. The van der Waals surface area contributed by atoms with E-state index < -0.39 is 14.3 Å². The second-order valence-electron chi connectivity index (χ2n) is 20.0. The third kappa shape index (κ3) is 13.5. The lowest BCUT2D eigenvalue weighted by atomic mass is 9.68. The second-order valence-corrected chi connectivity index (χ2v) is 28.3. The van der Waals surface area contributed by atoms with Crippen molar-refractivity contribution >= 4 is 146 Å². The summed E-state index contributed by atoms with van der Waals surface area (Å²) in [6, 6.07) is 26.2. The Hall–Kier alpha value is -4.91. The number of carbonyl (C=O) groups is 2. The average Bonchev–Trinajstić information content (AvgIpc) is 3.31. The van der Waals surface area contributed by atoms with Gasteiger partial charge in [-0.15, -0.1) is 0 Å². The van der Waals surface area contributed by atoms with Crippen molar-refractivity contribution in [1.82, 2.24) is 19.9 Å². The highest BCUT2D eigenvalue weighted by Gasteiger charge is 2.46. The van der Waals surface area contributed by atoms with Crippen molar-refractivity contribution in [3.05, 3.63) is 123 Å². The summed E-state index contributed by atoms with van der Waals surface area (Å²) in [4.78, 5) is 44.1. The molecular weight excluding hydrogens is 1070 g/mol. The Kier molecular flexibility index (Phi) is 16.8. The molecule has 73 heavy (non-hydrogen) atoms. The summed E-state index contributed by atoms with van der Waals surface area (Å²) in [5.41, 5.74) is 11.2. The van der Waals surface area contributed by atoms with Crippen LogP contribution in [-0.2, 0) is 18.7 Å². The normalized spacial score (nSPS) is 16.8. The molecule has 0 atom stereocenters. The predicted molar refractivity (Wildman–Crippen MR) is 304 cm³/mol. The first kappa shape index (κ1) is 54.4. The number of para-hydroxylation sites is 2. The van der Waals surface area contributed by atoms with E-state index in [1.54, 1.807) is 32.7 Å². The Morgan fingerprint density at radius 1 is 0.548 bits per heavy atom. The number of hydrogen-bond acceptors (Lipinski definition) is 14. The third-order valence-corrected chi connectivity index (χ3v) is 18.1. The Bertz CT molecular complexity index is 3120. The van der Waals surface area contributed by atoms with Gasteiger partial charge in [0.25, 0.3) is 0 Å². The molecule has 0 unspecified atom stereocenters. The van der Waals surface area contributed by atoms with Crippen LogP contribution in [0.15, 0.2) is 97.3 Å². The van der Waals surface area contributed by atoms with Gasteiger partial charge in [-0.3, -0.25) is 9.59 Å². The molecule has 6 aromatic rings. The summed E-state index contributed by atoms with van der Waals surface area (Å²) < 4.78 is 25.0. The lowest BCUT2D eigenvalue weighted by Crippen LogP contribution is -2.58. The molecule has 0 bridgehead atoms. The summed E-state index contributed by atoms with van der Waals surface area (Å²) >= 11 is 30.9. The zero-order valence-corrected chi connectivity index (χ0v) is 46.5. The number of benzene rings is 4. The van der Waals surface area contributed by atoms with E-state index in [-0.39, 0.29) is 10.7 Å². The number of nitrogens with zero attached hydrogens (tertiary/aromatic N) is 6. The summed E-state index contributed by atoms with van der Waals surface area (Å²) in [5.74, 6) is 1.96. The van der Waals surface area contributed by atoms with E-state index in [0.717, 1.165) is 97.4 Å². The monoisotopic (exact) mass is 1120 g/mol. The molecule has 4 aromatic carbocycles. The van der Waals surface area contributed by atoms with Crippen LogP contribution in [0.25, 0.3) is 0 Å². The van der Waals surface area contributed by atoms with Crippen molar-refractivity contribution < 1.29 is 18.7 Å². The number of Topliss-reactive ketones (excluding diaryl/α,β-unsaturated/α-hetero) is 2. The fourth-order valence-corrected chi connectivity index (χ4v) is 13.0. The molecule has 2 spiro atoms. The molecule has 2 aromatic heterocycles. The van der Waals surface area contributed by atoms with E-state index in [1.165, 1.54) is 12.4 Å². The van der Waals surface area contributed by atoms with Gasteiger partial charge in [-0.25, -0.2) is 9.97 Å². The number of nitrogen functional groups attached to an aromatic ring is 1. The highest BCUT2D eigenvalue weighted by Crippen LogP contribution is 2.48. The van der Waals surface area contributed by atoms with Crippen LogP contribution >= 0.6 is 72.3 Å². The zero-order valence-electron chi connectivity index (χ0n) is 40.9. The van der Waals surface area contributed by atoms with Crippen molar-refractivity contribution in [2.24, 2.45) is 10.8 Å². The summed E-state index contributed by atoms with van der Waals surface area (Å²) in [5, 5.41) is 13.1. The van der Waals surface area contributed by atoms with E-state index in [2.05, 4.69) is 45.7 Å². The van der Waals surface area contributed by atoms with Crippen molar-refractivity contribution in [2.75, 3.05) is 84.3 Å². The standard InChI is InChI=1S/C26H28Cl2N5O2P.C14H17ClN2O.C12H12Cl2N3OP/c1-36(2,35)23-6-4-3-5-21(23)31-24-20(28)14-29-25(32-24)30-17-7-8-22(19(27)13-17)33-15-26(16-33)11-9-18(34)10-12-26;15-12-7-10(16)1-2-13(12)17-8-14(9-17)5-3-11(18)4-6-14;1-19(2,18)10-6-4-3-5-9(10)16-11-8(13)7-15-12(14)17-11/h3-8,13-14H,9-12,15-16H2,1-2H3,(H2,29,30,31,32);1-2,7H,3-6,8-9,16H2;3-7H,1-2H3,(H,15,16,17). The fourth-order valence-electron chi connectivity index (χ4n) is 9.67. The summed E-state index contributed by atoms with van der Waals surface area (Å²) in [6.07, 6.45) is 9.86. The van der Waals surface area contributed by atoms with Gasteiger partial charge in [0.15, 0.2) is 11.6 Å². The Balaban J connectivity index is 0.000000161. The van der Waals surface area contributed by atoms with Crippen LogP contribution in [0.3, 0.4) is 0 Å². The molecule has 0 radical (unpaired) electrons. The van der Waals surface area contributed by atoms with Gasteiger partial charge in [0.2, 0.25) is 11.2 Å². The van der Waals surface area contributed by atoms with E-state index in [1.807, 2.05) is 78.9 Å². The van der Waals surface area contributed by atoms with Gasteiger partial charge in [0.1, 0.15) is 35.9 Å². The summed E-state index contributed by atoms with van der Waals surface area (Å²) in [6.45, 7) is 10.8. The Labute approximate surface area is 451 Å². The molecule has 2 saturated carbocycles. The molecule has 2 saturated heterocycles. The van der Waals surface area contributed by atoms with Crippen LogP contribution in [0.2, 0.25) is 25.4 Å². The first-order chi connectivity index (χ1) is 34.6. The minimum absolute atomic E-state index is 0.0977. The van der Waals surface area contributed by atoms with Gasteiger partial charge in [0.05, 0.1) is 45.2 Å². The molecule has 21 heteroatoms. The van der Waals surface area contributed by atoms with Crippen LogP contribution in [0.4, 0.5) is 51.7 Å². The Morgan fingerprint density at radius 3 is 1.45 bits per heavy atom. The van der Waals surface area contributed by atoms with E-state index in [4.69, 9.17) is 63.7 Å². The molecule has 4 fully saturated rings. The first-order valence-corrected chi connectivity index (χ1v) is 30.9. The molecule has 384 valence electrons. The quantitative estimate of drug-likeness (QED) is 0.0576. The van der Waals surface area contributed by atoms with E-state index in [0.29, 0.717) is 79.5 Å². The fraction of sp³-hybridized carbons (Fsp3) is 0.346. The SMILES string of the molecule is CP(C)(=O)c1ccccc1Nc1nc(Cl)ncc1Cl.CP(C)(=O)c1ccccc1Nc1nc(Nc2ccc(N3CC4(CCC(=O)CC4)C3)c(Cl)c2)ncc1Cl.Nc1ccc(N2CC3(CCC(=O)CC3)C2)c(Cl)c1. The van der Waals surface area contributed by atoms with Crippen LogP contribution in [0.1, 0.15) is 51.4 Å². The number of halogens is 5. The van der Waals surface area contributed by atoms with Crippen LogP contribution in [0, 0.1) is 10.8 Å². The number of hydrogen-bond donors (Lipinski definition) is 4. The Morgan fingerprint density at radius 2 is 0.986 bits per heavy atom. The maximum atomic E-state index is 12.7. The maximum absolute atomic E-state index is 12.7. The van der Waals surface area contributed by atoms with Crippen molar-refractivity contribution in [2.45, 2.75) is 51.4 Å². The number of nitrogens with one attached hydrogen (secondary N) is 3. The second kappa shape index (κ2) is 22.5. The third-order valence-electron chi connectivity index (χ3n) is 13.6. The van der Waals surface area contributed by atoms with Crippen molar-refractivity contribution in [1.29, 1.82) is 0 Å². The minimum Gasteiger partial charge on any atom is -0.399 e. The van der Waals surface area contributed by atoms with Gasteiger partial charge < -0.3 is 40.6 Å². The molecule has 4 heterocycles. The average molecular weight is 1130 g/mol. The number of nitrogens with two attached hydrogens (primary N) is 1. The highest BCUT2D eigenvalue weighted by molar-refractivity contribution is 7.70. The largest absolute Gasteiger partial charge is 0.399 e. The molecule has 10 rings (SSSR count). The smallest absolute Gasteiger partial charge is 0.229 e. The number of anilines is 9. The maximum Gasteiger partial charge on any atom is 0.229 e. The van der Waals surface area contributed by atoms with Gasteiger partial charge >= 0.3 is 0 Å². The molecule has 2 aliphatic carbocycles. The van der Waals surface area contributed by atoms with Gasteiger partial charge in [-0.1, -0.05) is 70.7 Å². The lowest BCUT2D eigenvalue weighted by molar-refractivity contribution is -0.123. The van der Waals surface area contributed by atoms with Crippen LogP contribution < -0.4 is 42.1 Å². The van der Waals surface area contributed by atoms with E-state index >= 15 is 0 Å². The van der Waals surface area contributed by atoms with Crippen molar-refractivity contribution in [3.8, 4) is 0 Å². The van der Waals surface area contributed by atoms with Crippen molar-refractivity contribution in [3.63, 3.8) is 0 Å². The van der Waals surface area contributed by atoms with Crippen LogP contribution in [-0.4, -0.2) is 84.3 Å². The molecule has 5 N–H and O–H groups in total. The lowest BCUT2D eigenvalue weighted by Gasteiger charge is -2.53. The van der Waals surface area contributed by atoms with Crippen LogP contribution in [0.5, 0.6) is 0 Å². The number of aromatic nitrogens is 4. The molecule has 14 nitrogen and oxygen atoms in total. The number of ketones is 2. The number of carbonyl (C=O) groups excluding carboxylic acids is 2. The topological polar surface area (TPSA) is 188 Å². The minimum atomic E-state index is -2.50. The molecular formula is C52H57Cl5N10O4P2. The first-order valence-electron chi connectivity index (χ1n) is 23.8.